The Kier molecular flexibility index (Phi) is 6.15. The molecular weight excluding hydrogens is 394 g/mol. The molecule has 0 aliphatic heterocycles. The molecule has 3 aromatic rings. The summed E-state index contributed by atoms with van der Waals surface area (Å²) >= 11 is 0. The van der Waals surface area contributed by atoms with Gasteiger partial charge in [-0.15, -0.1) is 0 Å². The molecule has 0 saturated heterocycles. The first kappa shape index (κ1) is 21.7. The highest BCUT2D eigenvalue weighted by Crippen LogP contribution is 2.23. The standard InChI is InChI=1S/C24H23N3O4/c1-14-7-5-9-21(16(14)3)25-23(28)18-11-19(13-20(12-18)27(30)31)24(29)26-22-10-6-8-15(2)17(22)4/h5-13H,1-4H3,(H,25,28)(H,26,29). The van der Waals surface area contributed by atoms with E-state index in [1.165, 1.54) is 6.07 Å². The minimum absolute atomic E-state index is 0.0289. The van der Waals surface area contributed by atoms with Gasteiger partial charge in [-0.25, -0.2) is 0 Å². The molecule has 0 unspecified atom stereocenters. The van der Waals surface area contributed by atoms with Crippen LogP contribution in [0.1, 0.15) is 43.0 Å². The van der Waals surface area contributed by atoms with Gasteiger partial charge in [-0.05, 0) is 68.1 Å². The highest BCUT2D eigenvalue weighted by Gasteiger charge is 2.19. The van der Waals surface area contributed by atoms with Gasteiger partial charge in [-0.2, -0.15) is 0 Å². The fraction of sp³-hybridized carbons (Fsp3) is 0.167. The summed E-state index contributed by atoms with van der Waals surface area (Å²) in [7, 11) is 0. The van der Waals surface area contributed by atoms with Crippen LogP contribution >= 0.6 is 0 Å². The molecule has 7 heteroatoms. The van der Waals surface area contributed by atoms with E-state index in [0.717, 1.165) is 34.4 Å². The van der Waals surface area contributed by atoms with Crippen LogP contribution in [0.4, 0.5) is 17.1 Å². The van der Waals surface area contributed by atoms with E-state index >= 15 is 0 Å². The van der Waals surface area contributed by atoms with E-state index in [0.29, 0.717) is 11.4 Å². The summed E-state index contributed by atoms with van der Waals surface area (Å²) in [5, 5.41) is 17.0. The third-order valence-corrected chi connectivity index (χ3v) is 5.36. The molecule has 0 aliphatic rings. The Balaban J connectivity index is 1.94. The Morgan fingerprint density at radius 3 is 1.55 bits per heavy atom. The molecule has 158 valence electrons. The summed E-state index contributed by atoms with van der Waals surface area (Å²) in [6.07, 6.45) is 0. The van der Waals surface area contributed by atoms with Crippen LogP contribution in [0.25, 0.3) is 0 Å². The van der Waals surface area contributed by atoms with Crippen LogP contribution in [-0.2, 0) is 0 Å². The molecule has 7 nitrogen and oxygen atoms in total. The van der Waals surface area contributed by atoms with Crippen molar-refractivity contribution in [3.8, 4) is 0 Å². The summed E-state index contributed by atoms with van der Waals surface area (Å²) in [6, 6.07) is 14.7. The van der Waals surface area contributed by atoms with Gasteiger partial charge in [0, 0.05) is 34.6 Å². The molecule has 2 N–H and O–H groups in total. The summed E-state index contributed by atoms with van der Waals surface area (Å²) in [4.78, 5) is 36.4. The van der Waals surface area contributed by atoms with Gasteiger partial charge in [0.25, 0.3) is 17.5 Å². The molecule has 0 atom stereocenters. The predicted octanol–water partition coefficient (Wildman–Crippen LogP) is 5.33. The second-order valence-corrected chi connectivity index (χ2v) is 7.43. The number of hydrogen-bond acceptors (Lipinski definition) is 4. The largest absolute Gasteiger partial charge is 0.322 e. The van der Waals surface area contributed by atoms with Crippen LogP contribution in [0.3, 0.4) is 0 Å². The maximum absolute atomic E-state index is 12.8. The van der Waals surface area contributed by atoms with Crippen LogP contribution in [0.5, 0.6) is 0 Å². The van der Waals surface area contributed by atoms with Gasteiger partial charge in [0.1, 0.15) is 0 Å². The number of non-ortho nitro benzene ring substituents is 1. The Hall–Kier alpha value is -4.00. The number of hydrogen-bond donors (Lipinski definition) is 2. The van der Waals surface area contributed by atoms with Crippen molar-refractivity contribution in [2.45, 2.75) is 27.7 Å². The number of rotatable bonds is 5. The van der Waals surface area contributed by atoms with Crippen LogP contribution in [0.2, 0.25) is 0 Å². The van der Waals surface area contributed by atoms with Crippen molar-refractivity contribution in [3.05, 3.63) is 98.1 Å². The maximum Gasteiger partial charge on any atom is 0.271 e. The van der Waals surface area contributed by atoms with Crippen molar-refractivity contribution < 1.29 is 14.5 Å². The Morgan fingerprint density at radius 2 is 1.16 bits per heavy atom. The number of nitrogens with one attached hydrogen (secondary N) is 2. The monoisotopic (exact) mass is 417 g/mol. The zero-order valence-corrected chi connectivity index (χ0v) is 17.8. The molecule has 0 aliphatic carbocycles. The molecule has 0 heterocycles. The van der Waals surface area contributed by atoms with Crippen LogP contribution in [-0.4, -0.2) is 16.7 Å². The lowest BCUT2D eigenvalue weighted by Crippen LogP contribution is -2.17. The Morgan fingerprint density at radius 1 is 0.742 bits per heavy atom. The number of nitrogens with zero attached hydrogens (tertiary/aromatic N) is 1. The van der Waals surface area contributed by atoms with Gasteiger partial charge in [-0.3, -0.25) is 19.7 Å². The first-order valence-corrected chi connectivity index (χ1v) is 9.72. The number of nitro benzene ring substituents is 1. The highest BCUT2D eigenvalue weighted by molar-refractivity contribution is 6.09. The molecule has 31 heavy (non-hydrogen) atoms. The molecule has 0 fully saturated rings. The third kappa shape index (κ3) is 4.78. The lowest BCUT2D eigenvalue weighted by Gasteiger charge is -2.12. The third-order valence-electron chi connectivity index (χ3n) is 5.36. The van der Waals surface area contributed by atoms with Crippen LogP contribution < -0.4 is 10.6 Å². The molecule has 3 aromatic carbocycles. The summed E-state index contributed by atoms with van der Waals surface area (Å²) in [6.45, 7) is 7.60. The lowest BCUT2D eigenvalue weighted by atomic mass is 10.1. The highest BCUT2D eigenvalue weighted by atomic mass is 16.6. The Labute approximate surface area is 180 Å². The quantitative estimate of drug-likeness (QED) is 0.432. The normalized spacial score (nSPS) is 10.5. The first-order chi connectivity index (χ1) is 14.7. The van der Waals surface area contributed by atoms with Gasteiger partial charge in [-0.1, -0.05) is 24.3 Å². The van der Waals surface area contributed by atoms with E-state index in [4.69, 9.17) is 0 Å². The van der Waals surface area contributed by atoms with Gasteiger partial charge in [0.2, 0.25) is 0 Å². The van der Waals surface area contributed by atoms with Crippen molar-refractivity contribution in [1.29, 1.82) is 0 Å². The minimum atomic E-state index is -0.622. The summed E-state index contributed by atoms with van der Waals surface area (Å²) in [5.74, 6) is -1.06. The molecule has 0 saturated carbocycles. The maximum atomic E-state index is 12.8. The van der Waals surface area contributed by atoms with Crippen LogP contribution in [0, 0.1) is 37.8 Å². The fourth-order valence-electron chi connectivity index (χ4n) is 3.14. The van der Waals surface area contributed by atoms with E-state index in [1.54, 1.807) is 12.1 Å². The van der Waals surface area contributed by atoms with Crippen molar-refractivity contribution >= 4 is 28.9 Å². The molecular formula is C24H23N3O4. The minimum Gasteiger partial charge on any atom is -0.322 e. The van der Waals surface area contributed by atoms with Crippen molar-refractivity contribution in [3.63, 3.8) is 0 Å². The van der Waals surface area contributed by atoms with E-state index in [-0.39, 0.29) is 16.8 Å². The predicted molar refractivity (Wildman–Crippen MR) is 121 cm³/mol. The van der Waals surface area contributed by atoms with E-state index in [9.17, 15) is 19.7 Å². The number of amides is 2. The summed E-state index contributed by atoms with van der Waals surface area (Å²) < 4.78 is 0. The van der Waals surface area contributed by atoms with Gasteiger partial charge >= 0.3 is 0 Å². The van der Waals surface area contributed by atoms with Crippen molar-refractivity contribution in [2.24, 2.45) is 0 Å². The first-order valence-electron chi connectivity index (χ1n) is 9.72. The van der Waals surface area contributed by atoms with E-state index in [2.05, 4.69) is 10.6 Å². The average Bonchev–Trinajstić information content (AvgIpc) is 2.74. The number of carbonyl (C=O) groups excluding carboxylic acids is 2. The second kappa shape index (κ2) is 8.79. The van der Waals surface area contributed by atoms with Gasteiger partial charge in [0.05, 0.1) is 4.92 Å². The van der Waals surface area contributed by atoms with E-state index < -0.39 is 16.7 Å². The molecule has 0 aromatic heterocycles. The van der Waals surface area contributed by atoms with Crippen molar-refractivity contribution in [2.75, 3.05) is 10.6 Å². The number of anilines is 2. The number of carbonyl (C=O) groups is 2. The van der Waals surface area contributed by atoms with Crippen molar-refractivity contribution in [1.82, 2.24) is 0 Å². The average molecular weight is 417 g/mol. The second-order valence-electron chi connectivity index (χ2n) is 7.43. The molecule has 0 bridgehead atoms. The zero-order valence-electron chi connectivity index (χ0n) is 17.8. The summed E-state index contributed by atoms with van der Waals surface area (Å²) in [5.41, 5.74) is 4.75. The fourth-order valence-corrected chi connectivity index (χ4v) is 3.14. The smallest absolute Gasteiger partial charge is 0.271 e. The zero-order chi connectivity index (χ0) is 22.7. The van der Waals surface area contributed by atoms with Crippen LogP contribution in [0.15, 0.2) is 54.6 Å². The topological polar surface area (TPSA) is 101 Å². The lowest BCUT2D eigenvalue weighted by molar-refractivity contribution is -0.384. The number of benzene rings is 3. The van der Waals surface area contributed by atoms with Gasteiger partial charge in [0.15, 0.2) is 0 Å². The number of nitro groups is 1. The molecule has 2 amide bonds. The number of aryl methyl sites for hydroxylation is 2. The molecule has 0 radical (unpaired) electrons. The molecule has 0 spiro atoms. The SMILES string of the molecule is Cc1cccc(NC(=O)c2cc(C(=O)Nc3cccc(C)c3C)cc([N+](=O)[O-])c2)c1C. The molecule has 3 rings (SSSR count). The van der Waals surface area contributed by atoms with E-state index in [1.807, 2.05) is 52.0 Å². The van der Waals surface area contributed by atoms with Gasteiger partial charge < -0.3 is 10.6 Å². The Bertz CT molecular complexity index is 1120.